The Hall–Kier alpha value is -0.200. The van der Waals surface area contributed by atoms with E-state index in [0.29, 0.717) is 18.2 Å². The van der Waals surface area contributed by atoms with Crippen LogP contribution in [-0.4, -0.2) is 68.8 Å². The van der Waals surface area contributed by atoms with Crippen molar-refractivity contribution in [1.82, 2.24) is 10.2 Å². The van der Waals surface area contributed by atoms with Gasteiger partial charge in [-0.05, 0) is 25.8 Å². The average Bonchev–Trinajstić information content (AvgIpc) is 3.15. The van der Waals surface area contributed by atoms with Gasteiger partial charge < -0.3 is 19.5 Å². The molecule has 0 aromatic rings. The summed E-state index contributed by atoms with van der Waals surface area (Å²) in [6.07, 6.45) is 5.86. The predicted octanol–water partition coefficient (Wildman–Crippen LogP) is 1.37. The zero-order valence-corrected chi connectivity index (χ0v) is 13.5. The lowest BCUT2D eigenvalue weighted by Gasteiger charge is -2.45. The second-order valence-electron chi connectivity index (χ2n) is 6.62. The van der Waals surface area contributed by atoms with Crippen LogP contribution >= 0.6 is 0 Å². The minimum Gasteiger partial charge on any atom is -0.380 e. The number of ether oxygens (including phenoxy) is 3. The fourth-order valence-electron chi connectivity index (χ4n) is 4.09. The number of nitrogens with zero attached hydrogens (tertiary/aromatic N) is 1. The van der Waals surface area contributed by atoms with Gasteiger partial charge in [-0.1, -0.05) is 6.92 Å². The van der Waals surface area contributed by atoms with Crippen molar-refractivity contribution in [3.05, 3.63) is 0 Å². The van der Waals surface area contributed by atoms with E-state index in [4.69, 9.17) is 14.2 Å². The Bertz CT molecular complexity index is 331. The van der Waals surface area contributed by atoms with E-state index < -0.39 is 0 Å². The molecule has 0 radical (unpaired) electrons. The summed E-state index contributed by atoms with van der Waals surface area (Å²) in [5.74, 6) is -0.305. The van der Waals surface area contributed by atoms with E-state index in [9.17, 15) is 0 Å². The van der Waals surface area contributed by atoms with Crippen LogP contribution in [0.4, 0.5) is 0 Å². The van der Waals surface area contributed by atoms with Crippen molar-refractivity contribution in [2.24, 2.45) is 0 Å². The van der Waals surface area contributed by atoms with Crippen LogP contribution in [0.1, 0.15) is 39.0 Å². The third kappa shape index (κ3) is 3.42. The highest BCUT2D eigenvalue weighted by Gasteiger charge is 2.47. The third-order valence-corrected chi connectivity index (χ3v) is 5.27. The van der Waals surface area contributed by atoms with Gasteiger partial charge in [0.05, 0.1) is 19.3 Å². The SMILES string of the molecule is CCCNC1CCC2(CC1N1CCC(OC)C1)OCCO2. The largest absolute Gasteiger partial charge is 0.380 e. The lowest BCUT2D eigenvalue weighted by atomic mass is 9.84. The molecule has 21 heavy (non-hydrogen) atoms. The maximum Gasteiger partial charge on any atom is 0.170 e. The first kappa shape index (κ1) is 15.7. The quantitative estimate of drug-likeness (QED) is 0.830. The molecule has 5 heteroatoms. The molecule has 2 saturated heterocycles. The van der Waals surface area contributed by atoms with Crippen LogP contribution in [0, 0.1) is 0 Å². The maximum absolute atomic E-state index is 5.97. The molecule has 0 aromatic heterocycles. The van der Waals surface area contributed by atoms with Crippen LogP contribution in [0.2, 0.25) is 0 Å². The smallest absolute Gasteiger partial charge is 0.170 e. The van der Waals surface area contributed by atoms with E-state index >= 15 is 0 Å². The summed E-state index contributed by atoms with van der Waals surface area (Å²) in [6, 6.07) is 1.06. The molecule has 2 heterocycles. The van der Waals surface area contributed by atoms with Crippen molar-refractivity contribution in [3.8, 4) is 0 Å². The molecule has 3 rings (SSSR count). The zero-order valence-electron chi connectivity index (χ0n) is 13.5. The highest BCUT2D eigenvalue weighted by atomic mass is 16.7. The number of nitrogens with one attached hydrogen (secondary N) is 1. The Morgan fingerprint density at radius 3 is 2.76 bits per heavy atom. The first-order chi connectivity index (χ1) is 10.3. The van der Waals surface area contributed by atoms with Crippen molar-refractivity contribution in [3.63, 3.8) is 0 Å². The molecular formula is C16H30N2O3. The molecule has 1 saturated carbocycles. The number of hydrogen-bond acceptors (Lipinski definition) is 5. The van der Waals surface area contributed by atoms with Gasteiger partial charge in [0.1, 0.15) is 0 Å². The highest BCUT2D eigenvalue weighted by molar-refractivity contribution is 4.98. The van der Waals surface area contributed by atoms with Gasteiger partial charge in [-0.15, -0.1) is 0 Å². The van der Waals surface area contributed by atoms with E-state index in [2.05, 4.69) is 17.1 Å². The summed E-state index contributed by atoms with van der Waals surface area (Å²) in [6.45, 7) is 7.00. The molecule has 3 aliphatic rings. The standard InChI is InChI=1S/C16H30N2O3/c1-3-7-17-14-4-6-16(20-9-10-21-16)11-15(14)18-8-5-13(12-18)19-2/h13-15,17H,3-12H2,1-2H3. The highest BCUT2D eigenvalue weighted by Crippen LogP contribution is 2.38. The van der Waals surface area contributed by atoms with Gasteiger partial charge in [0.15, 0.2) is 5.79 Å². The van der Waals surface area contributed by atoms with Gasteiger partial charge in [-0.25, -0.2) is 0 Å². The molecule has 1 aliphatic carbocycles. The third-order valence-electron chi connectivity index (χ3n) is 5.27. The Labute approximate surface area is 128 Å². The lowest BCUT2D eigenvalue weighted by molar-refractivity contribution is -0.192. The van der Waals surface area contributed by atoms with Crippen molar-refractivity contribution in [1.29, 1.82) is 0 Å². The summed E-state index contributed by atoms with van der Waals surface area (Å²) in [5.41, 5.74) is 0. The van der Waals surface area contributed by atoms with Gasteiger partial charge in [-0.2, -0.15) is 0 Å². The van der Waals surface area contributed by atoms with Gasteiger partial charge in [-0.3, -0.25) is 4.90 Å². The molecule has 0 aromatic carbocycles. The summed E-state index contributed by atoms with van der Waals surface area (Å²) in [7, 11) is 1.83. The normalized spacial score (nSPS) is 36.6. The molecule has 3 fully saturated rings. The molecule has 5 nitrogen and oxygen atoms in total. The first-order valence-electron chi connectivity index (χ1n) is 8.54. The molecule has 2 aliphatic heterocycles. The molecule has 3 atom stereocenters. The monoisotopic (exact) mass is 298 g/mol. The predicted molar refractivity (Wildman–Crippen MR) is 81.3 cm³/mol. The molecular weight excluding hydrogens is 268 g/mol. The Morgan fingerprint density at radius 2 is 2.10 bits per heavy atom. The topological polar surface area (TPSA) is 43.0 Å². The van der Waals surface area contributed by atoms with Gasteiger partial charge in [0.25, 0.3) is 0 Å². The molecule has 1 N–H and O–H groups in total. The van der Waals surface area contributed by atoms with E-state index in [0.717, 1.165) is 58.5 Å². The average molecular weight is 298 g/mol. The van der Waals surface area contributed by atoms with Crippen LogP contribution in [0.15, 0.2) is 0 Å². The zero-order chi connectivity index (χ0) is 14.7. The maximum atomic E-state index is 5.97. The van der Waals surface area contributed by atoms with Crippen LogP contribution in [-0.2, 0) is 14.2 Å². The van der Waals surface area contributed by atoms with Gasteiger partial charge in [0, 0.05) is 45.1 Å². The minimum atomic E-state index is -0.305. The van der Waals surface area contributed by atoms with Gasteiger partial charge >= 0.3 is 0 Å². The van der Waals surface area contributed by atoms with E-state index in [-0.39, 0.29) is 5.79 Å². The van der Waals surface area contributed by atoms with E-state index in [1.54, 1.807) is 0 Å². The lowest BCUT2D eigenvalue weighted by Crippen LogP contribution is -2.57. The fraction of sp³-hybridized carbons (Fsp3) is 1.00. The van der Waals surface area contributed by atoms with Crippen molar-refractivity contribution in [2.45, 2.75) is 63.0 Å². The minimum absolute atomic E-state index is 0.305. The Balaban J connectivity index is 1.67. The first-order valence-corrected chi connectivity index (χ1v) is 8.54. The molecule has 0 amide bonds. The number of hydrogen-bond donors (Lipinski definition) is 1. The summed E-state index contributed by atoms with van der Waals surface area (Å²) in [4.78, 5) is 2.59. The molecule has 122 valence electrons. The van der Waals surface area contributed by atoms with Crippen LogP contribution in [0.5, 0.6) is 0 Å². The second-order valence-corrected chi connectivity index (χ2v) is 6.62. The van der Waals surface area contributed by atoms with Crippen molar-refractivity contribution < 1.29 is 14.2 Å². The molecule has 3 unspecified atom stereocenters. The number of likely N-dealkylation sites (tertiary alicyclic amines) is 1. The fourth-order valence-corrected chi connectivity index (χ4v) is 4.09. The second kappa shape index (κ2) is 6.92. The number of methoxy groups -OCH3 is 1. The molecule has 1 spiro atoms. The van der Waals surface area contributed by atoms with Crippen molar-refractivity contribution in [2.75, 3.05) is 40.0 Å². The number of rotatable bonds is 5. The van der Waals surface area contributed by atoms with Gasteiger partial charge in [0.2, 0.25) is 0 Å². The summed E-state index contributed by atoms with van der Waals surface area (Å²) < 4.78 is 17.5. The Morgan fingerprint density at radius 1 is 1.29 bits per heavy atom. The van der Waals surface area contributed by atoms with E-state index in [1.807, 2.05) is 7.11 Å². The Kier molecular flexibility index (Phi) is 5.17. The summed E-state index contributed by atoms with van der Waals surface area (Å²) >= 11 is 0. The van der Waals surface area contributed by atoms with Crippen LogP contribution < -0.4 is 5.32 Å². The van der Waals surface area contributed by atoms with E-state index in [1.165, 1.54) is 6.42 Å². The van der Waals surface area contributed by atoms with Crippen LogP contribution in [0.3, 0.4) is 0 Å². The van der Waals surface area contributed by atoms with Crippen molar-refractivity contribution >= 4 is 0 Å². The van der Waals surface area contributed by atoms with Crippen LogP contribution in [0.25, 0.3) is 0 Å². The summed E-state index contributed by atoms with van der Waals surface area (Å²) in [5, 5.41) is 3.74. The molecule has 0 bridgehead atoms.